The average molecular weight is 280 g/mol. The summed E-state index contributed by atoms with van der Waals surface area (Å²) in [7, 11) is 0. The molecule has 6 heteroatoms. The minimum Gasteiger partial charge on any atom is -0.392 e. The van der Waals surface area contributed by atoms with Gasteiger partial charge in [0, 0.05) is 23.2 Å². The van der Waals surface area contributed by atoms with Crippen molar-refractivity contribution in [1.82, 2.24) is 9.55 Å². The van der Waals surface area contributed by atoms with Crippen LogP contribution in [-0.4, -0.2) is 32.0 Å². The fourth-order valence-electron chi connectivity index (χ4n) is 3.93. The topological polar surface area (TPSA) is 95.3 Å². The van der Waals surface area contributed by atoms with Crippen LogP contribution in [0.1, 0.15) is 43.7 Å². The predicted octanol–water partition coefficient (Wildman–Crippen LogP) is 0.0720. The summed E-state index contributed by atoms with van der Waals surface area (Å²) in [6.07, 6.45) is 3.91. The third-order valence-corrected chi connectivity index (χ3v) is 5.10. The van der Waals surface area contributed by atoms with Crippen LogP contribution in [0.25, 0.3) is 0 Å². The molecule has 2 saturated carbocycles. The Balaban J connectivity index is 1.96. The second-order valence-corrected chi connectivity index (χ2v) is 6.23. The van der Waals surface area contributed by atoms with Gasteiger partial charge in [0.15, 0.2) is 0 Å². The molecular formula is C14H20N2O4. The zero-order valence-corrected chi connectivity index (χ0v) is 11.5. The van der Waals surface area contributed by atoms with Gasteiger partial charge in [0.25, 0.3) is 5.56 Å². The van der Waals surface area contributed by atoms with Gasteiger partial charge in [-0.1, -0.05) is 6.42 Å². The van der Waals surface area contributed by atoms with Crippen molar-refractivity contribution >= 4 is 0 Å². The van der Waals surface area contributed by atoms with Gasteiger partial charge >= 0.3 is 5.69 Å². The van der Waals surface area contributed by atoms with E-state index in [1.165, 1.54) is 4.57 Å². The number of aryl methyl sites for hydroxylation is 1. The van der Waals surface area contributed by atoms with Crippen LogP contribution in [0.4, 0.5) is 0 Å². The Hall–Kier alpha value is -1.40. The molecule has 4 atom stereocenters. The number of nitrogens with zero attached hydrogens (tertiary/aromatic N) is 1. The summed E-state index contributed by atoms with van der Waals surface area (Å²) >= 11 is 0. The third kappa shape index (κ3) is 1.86. The van der Waals surface area contributed by atoms with Gasteiger partial charge in [-0.2, -0.15) is 0 Å². The van der Waals surface area contributed by atoms with E-state index < -0.39 is 23.3 Å². The quantitative estimate of drug-likeness (QED) is 0.678. The Bertz CT molecular complexity index is 635. The monoisotopic (exact) mass is 280 g/mol. The number of aliphatic hydroxyl groups is 2. The van der Waals surface area contributed by atoms with E-state index in [0.717, 1.165) is 12.8 Å². The highest BCUT2D eigenvalue weighted by molar-refractivity contribution is 5.08. The summed E-state index contributed by atoms with van der Waals surface area (Å²) in [5.41, 5.74) is -0.816. The summed E-state index contributed by atoms with van der Waals surface area (Å²) in [5.74, 6) is 0. The highest BCUT2D eigenvalue weighted by atomic mass is 16.3. The van der Waals surface area contributed by atoms with Crippen LogP contribution >= 0.6 is 0 Å². The smallest absolute Gasteiger partial charge is 0.328 e. The SMILES string of the molecule is Cc1cn([C@H]2C[C@H](O)[C@@]3(CCC[C@@H]3O)C2)c(=O)[nH]c1=O. The van der Waals surface area contributed by atoms with Crippen molar-refractivity contribution < 1.29 is 10.2 Å². The lowest BCUT2D eigenvalue weighted by Gasteiger charge is -2.31. The first kappa shape index (κ1) is 13.6. The number of aromatic nitrogens is 2. The molecule has 0 aliphatic heterocycles. The molecule has 20 heavy (non-hydrogen) atoms. The van der Waals surface area contributed by atoms with Crippen LogP contribution < -0.4 is 11.2 Å². The molecule has 1 heterocycles. The number of hydrogen-bond donors (Lipinski definition) is 3. The molecule has 0 aromatic carbocycles. The van der Waals surface area contributed by atoms with Crippen molar-refractivity contribution in [2.24, 2.45) is 5.41 Å². The first-order valence-corrected chi connectivity index (χ1v) is 7.12. The van der Waals surface area contributed by atoms with Crippen LogP contribution in [0, 0.1) is 12.3 Å². The minimum absolute atomic E-state index is 0.166. The lowest BCUT2D eigenvalue weighted by atomic mass is 9.80. The minimum atomic E-state index is -0.593. The standard InChI is InChI=1S/C14H20N2O4/c1-8-7-16(13(20)15-12(8)19)9-5-11(18)14(6-9)4-2-3-10(14)17/h7,9-11,17-18H,2-6H2,1H3,(H,15,19,20)/t9-,10-,11-,14-/m0/s1. The third-order valence-electron chi connectivity index (χ3n) is 5.10. The summed E-state index contributed by atoms with van der Waals surface area (Å²) in [5, 5.41) is 20.5. The van der Waals surface area contributed by atoms with E-state index in [-0.39, 0.29) is 11.6 Å². The highest BCUT2D eigenvalue weighted by Gasteiger charge is 2.53. The van der Waals surface area contributed by atoms with Crippen molar-refractivity contribution in [2.45, 2.75) is 57.3 Å². The molecule has 0 radical (unpaired) electrons. The molecule has 3 rings (SSSR count). The average Bonchev–Trinajstić information content (AvgIpc) is 2.91. The van der Waals surface area contributed by atoms with E-state index in [2.05, 4.69) is 4.98 Å². The Kier molecular flexibility index (Phi) is 3.10. The van der Waals surface area contributed by atoms with Gasteiger partial charge in [-0.25, -0.2) is 4.79 Å². The maximum atomic E-state index is 11.9. The van der Waals surface area contributed by atoms with Crippen molar-refractivity contribution in [2.75, 3.05) is 0 Å². The van der Waals surface area contributed by atoms with E-state index in [1.54, 1.807) is 13.1 Å². The summed E-state index contributed by atoms with van der Waals surface area (Å²) in [4.78, 5) is 25.6. The number of hydrogen-bond acceptors (Lipinski definition) is 4. The number of aliphatic hydroxyl groups excluding tert-OH is 2. The molecule has 0 unspecified atom stereocenters. The van der Waals surface area contributed by atoms with Crippen molar-refractivity contribution in [1.29, 1.82) is 0 Å². The van der Waals surface area contributed by atoms with Gasteiger partial charge in [-0.15, -0.1) is 0 Å². The molecule has 110 valence electrons. The molecule has 1 aromatic rings. The number of aromatic amines is 1. The second kappa shape index (κ2) is 4.56. The van der Waals surface area contributed by atoms with Gasteiger partial charge in [-0.05, 0) is 32.6 Å². The molecule has 2 aliphatic rings. The summed E-state index contributed by atoms with van der Waals surface area (Å²) in [6, 6.07) is -0.166. The molecule has 3 N–H and O–H groups in total. The highest BCUT2D eigenvalue weighted by Crippen LogP contribution is 2.53. The molecule has 0 amide bonds. The molecule has 2 aliphatic carbocycles. The zero-order valence-electron chi connectivity index (χ0n) is 11.5. The van der Waals surface area contributed by atoms with Crippen LogP contribution in [0.3, 0.4) is 0 Å². The molecular weight excluding hydrogens is 260 g/mol. The maximum Gasteiger partial charge on any atom is 0.328 e. The summed E-state index contributed by atoms with van der Waals surface area (Å²) < 4.78 is 1.50. The fourth-order valence-corrected chi connectivity index (χ4v) is 3.93. The zero-order chi connectivity index (χ0) is 14.5. The van der Waals surface area contributed by atoms with Crippen LogP contribution in [0.5, 0.6) is 0 Å². The van der Waals surface area contributed by atoms with Crippen molar-refractivity contribution in [3.05, 3.63) is 32.6 Å². The van der Waals surface area contributed by atoms with Gasteiger partial charge in [0.05, 0.1) is 12.2 Å². The van der Waals surface area contributed by atoms with E-state index in [1.807, 2.05) is 0 Å². The van der Waals surface area contributed by atoms with Gasteiger partial charge < -0.3 is 10.2 Å². The Morgan fingerprint density at radius 3 is 2.75 bits per heavy atom. The number of rotatable bonds is 1. The Labute approximate surface area is 116 Å². The molecule has 2 fully saturated rings. The lowest BCUT2D eigenvalue weighted by Crippen LogP contribution is -2.37. The van der Waals surface area contributed by atoms with Gasteiger partial charge in [0.1, 0.15) is 0 Å². The van der Waals surface area contributed by atoms with Crippen LogP contribution in [-0.2, 0) is 0 Å². The number of nitrogens with one attached hydrogen (secondary N) is 1. The van der Waals surface area contributed by atoms with Gasteiger partial charge in [-0.3, -0.25) is 14.3 Å². The predicted molar refractivity (Wildman–Crippen MR) is 72.6 cm³/mol. The van der Waals surface area contributed by atoms with Crippen LogP contribution in [0.2, 0.25) is 0 Å². The molecule has 6 nitrogen and oxygen atoms in total. The lowest BCUT2D eigenvalue weighted by molar-refractivity contribution is -0.0302. The first-order chi connectivity index (χ1) is 9.44. The number of H-pyrrole nitrogens is 1. The Morgan fingerprint density at radius 2 is 2.10 bits per heavy atom. The molecule has 1 spiro atoms. The van der Waals surface area contributed by atoms with Crippen molar-refractivity contribution in [3.63, 3.8) is 0 Å². The second-order valence-electron chi connectivity index (χ2n) is 6.23. The van der Waals surface area contributed by atoms with Crippen molar-refractivity contribution in [3.8, 4) is 0 Å². The van der Waals surface area contributed by atoms with E-state index in [0.29, 0.717) is 24.8 Å². The molecule has 0 saturated heterocycles. The van der Waals surface area contributed by atoms with E-state index >= 15 is 0 Å². The maximum absolute atomic E-state index is 11.9. The van der Waals surface area contributed by atoms with E-state index in [4.69, 9.17) is 0 Å². The van der Waals surface area contributed by atoms with Gasteiger partial charge in [0.2, 0.25) is 0 Å². The van der Waals surface area contributed by atoms with Crippen LogP contribution in [0.15, 0.2) is 15.8 Å². The van der Waals surface area contributed by atoms with E-state index in [9.17, 15) is 19.8 Å². The Morgan fingerprint density at radius 1 is 1.35 bits per heavy atom. The normalized spacial score (nSPS) is 36.9. The summed E-state index contributed by atoms with van der Waals surface area (Å²) in [6.45, 7) is 1.65. The first-order valence-electron chi connectivity index (χ1n) is 7.12. The largest absolute Gasteiger partial charge is 0.392 e. The molecule has 0 bridgehead atoms. The molecule has 1 aromatic heterocycles. The fraction of sp³-hybridized carbons (Fsp3) is 0.714.